The van der Waals surface area contributed by atoms with E-state index in [1.807, 2.05) is 0 Å². The highest BCUT2D eigenvalue weighted by Gasteiger charge is 2.34. The maximum absolute atomic E-state index is 12.8. The summed E-state index contributed by atoms with van der Waals surface area (Å²) in [6, 6.07) is 0. The molecule has 1 N–H and O–H groups in total. The van der Waals surface area contributed by atoms with Crippen LogP contribution in [0, 0.1) is 0 Å². The lowest BCUT2D eigenvalue weighted by Gasteiger charge is -2.12. The van der Waals surface area contributed by atoms with Crippen LogP contribution in [0.3, 0.4) is 0 Å². The average molecular weight is 370 g/mol. The number of aliphatic carboxylic acids is 1. The van der Waals surface area contributed by atoms with E-state index >= 15 is 0 Å². The van der Waals surface area contributed by atoms with E-state index in [1.165, 1.54) is 10.4 Å². The zero-order valence-corrected chi connectivity index (χ0v) is 15.0. The van der Waals surface area contributed by atoms with Crippen LogP contribution in [0.2, 0.25) is 0 Å². The molecular weight excluding hydrogens is 352 g/mol. The number of Topliss-reactive ketones (excluding diaryl/α,β-unsaturated/α-hetero) is 1. The number of carboxylic acids is 1. The Balaban J connectivity index is 1.48. The molecule has 26 heavy (non-hydrogen) atoms. The first-order valence-corrected chi connectivity index (χ1v) is 9.89. The van der Waals surface area contributed by atoms with Gasteiger partial charge in [0.15, 0.2) is 11.6 Å². The summed E-state index contributed by atoms with van der Waals surface area (Å²) in [6.07, 6.45) is 6.22. The lowest BCUT2D eigenvalue weighted by Crippen LogP contribution is -2.10. The zero-order valence-electron chi connectivity index (χ0n) is 14.2. The van der Waals surface area contributed by atoms with Crippen LogP contribution in [0.1, 0.15) is 59.2 Å². The second-order valence-electron chi connectivity index (χ2n) is 7.25. The third kappa shape index (κ3) is 2.53. The van der Waals surface area contributed by atoms with Crippen molar-refractivity contribution >= 4 is 23.1 Å². The van der Waals surface area contributed by atoms with Gasteiger partial charge in [0.2, 0.25) is 0 Å². The number of hydrogen-bond donors (Lipinski definition) is 1. The van der Waals surface area contributed by atoms with Crippen LogP contribution in [0.4, 0.5) is 0 Å². The first-order chi connectivity index (χ1) is 12.6. The highest BCUT2D eigenvalue weighted by atomic mass is 32.1. The van der Waals surface area contributed by atoms with Crippen LogP contribution >= 0.6 is 11.3 Å². The molecule has 7 heteroatoms. The third-order valence-corrected chi connectivity index (χ3v) is 6.79. The van der Waals surface area contributed by atoms with Crippen LogP contribution in [-0.4, -0.2) is 27.0 Å². The van der Waals surface area contributed by atoms with Crippen molar-refractivity contribution in [3.05, 3.63) is 32.3 Å². The average Bonchev–Trinajstić information content (AvgIpc) is 3.05. The Morgan fingerprint density at radius 3 is 2.65 bits per heavy atom. The van der Waals surface area contributed by atoms with Crippen molar-refractivity contribution in [2.24, 2.45) is 0 Å². The van der Waals surface area contributed by atoms with Crippen LogP contribution in [0.5, 0.6) is 0 Å². The number of ketones is 1. The third-order valence-electron chi connectivity index (χ3n) is 5.50. The number of rotatable bonds is 6. The van der Waals surface area contributed by atoms with E-state index in [0.29, 0.717) is 30.2 Å². The summed E-state index contributed by atoms with van der Waals surface area (Å²) in [4.78, 5) is 30.9. The highest BCUT2D eigenvalue weighted by molar-refractivity contribution is 7.13. The van der Waals surface area contributed by atoms with Crippen LogP contribution < -0.4 is 0 Å². The Kier molecular flexibility index (Phi) is 3.60. The summed E-state index contributed by atoms with van der Waals surface area (Å²) < 4.78 is 5.52. The topological polar surface area (TPSA) is 93.3 Å². The molecule has 2 aromatic rings. The van der Waals surface area contributed by atoms with E-state index in [4.69, 9.17) is 4.52 Å². The van der Waals surface area contributed by atoms with Gasteiger partial charge in [0, 0.05) is 33.2 Å². The Bertz CT molecular complexity index is 964. The summed E-state index contributed by atoms with van der Waals surface area (Å²) in [5.74, 6) is 0.663. The number of carbonyl (C=O) groups is 2. The van der Waals surface area contributed by atoms with Crippen molar-refractivity contribution in [2.45, 2.75) is 57.3 Å². The Morgan fingerprint density at radius 2 is 1.96 bits per heavy atom. The van der Waals surface area contributed by atoms with Crippen molar-refractivity contribution < 1.29 is 19.2 Å². The van der Waals surface area contributed by atoms with Gasteiger partial charge in [0.05, 0.1) is 5.56 Å². The Hall–Kier alpha value is -2.28. The number of thiophene rings is 1. The predicted octanol–water partition coefficient (Wildman–Crippen LogP) is 3.45. The predicted molar refractivity (Wildman–Crippen MR) is 94.2 cm³/mol. The van der Waals surface area contributed by atoms with E-state index in [0.717, 1.165) is 48.4 Å². The van der Waals surface area contributed by atoms with E-state index in [-0.39, 0.29) is 17.8 Å². The van der Waals surface area contributed by atoms with Crippen molar-refractivity contribution in [3.8, 4) is 11.5 Å². The van der Waals surface area contributed by atoms with Crippen LogP contribution in [-0.2, 0) is 28.9 Å². The van der Waals surface area contributed by atoms with Gasteiger partial charge in [-0.15, -0.1) is 11.3 Å². The van der Waals surface area contributed by atoms with Crippen molar-refractivity contribution in [2.75, 3.05) is 0 Å². The maximum Gasteiger partial charge on any atom is 0.331 e. The summed E-state index contributed by atoms with van der Waals surface area (Å²) in [5.41, 5.74) is 2.93. The number of hydrogen-bond acceptors (Lipinski definition) is 6. The molecule has 0 aromatic carbocycles. The molecule has 3 aliphatic rings. The molecule has 0 radical (unpaired) electrons. The second-order valence-corrected chi connectivity index (χ2v) is 8.44. The van der Waals surface area contributed by atoms with Crippen LogP contribution in [0.15, 0.2) is 15.7 Å². The number of allylic oxidation sites excluding steroid dienone is 1. The minimum absolute atomic E-state index is 0.0793. The normalized spacial score (nSPS) is 18.8. The maximum atomic E-state index is 12.8. The van der Waals surface area contributed by atoms with Crippen molar-refractivity contribution in [3.63, 3.8) is 0 Å². The summed E-state index contributed by atoms with van der Waals surface area (Å²) in [6.45, 7) is 0. The molecule has 1 fully saturated rings. The minimum Gasteiger partial charge on any atom is -0.478 e. The molecule has 0 bridgehead atoms. The van der Waals surface area contributed by atoms with Crippen LogP contribution in [0.25, 0.3) is 11.5 Å². The molecule has 134 valence electrons. The molecule has 0 aliphatic heterocycles. The molecule has 0 spiro atoms. The second kappa shape index (κ2) is 5.87. The van der Waals surface area contributed by atoms with Gasteiger partial charge >= 0.3 is 5.97 Å². The number of aromatic nitrogens is 2. The lowest BCUT2D eigenvalue weighted by atomic mass is 9.91. The zero-order chi connectivity index (χ0) is 17.8. The molecule has 0 amide bonds. The molecule has 2 heterocycles. The fraction of sp³-hybridized carbons (Fsp3) is 0.474. The molecule has 1 saturated carbocycles. The van der Waals surface area contributed by atoms with E-state index in [9.17, 15) is 14.7 Å². The molecule has 0 atom stereocenters. The first kappa shape index (κ1) is 15.9. The van der Waals surface area contributed by atoms with Gasteiger partial charge in [0.25, 0.3) is 5.89 Å². The van der Waals surface area contributed by atoms with Crippen molar-refractivity contribution in [1.82, 2.24) is 10.1 Å². The summed E-state index contributed by atoms with van der Waals surface area (Å²) >= 11 is 1.63. The smallest absolute Gasteiger partial charge is 0.331 e. The standard InChI is InChI=1S/C19H18N2O4S/c22-13(10-2-1-3-11(10)19(23)24)8-15-16(12-6-7-14(12)26-15)18-20-17(21-25-18)9-4-5-9/h9H,1-8H2,(H,23,24). The van der Waals surface area contributed by atoms with Gasteiger partial charge in [-0.25, -0.2) is 4.79 Å². The Labute approximate surface area is 153 Å². The van der Waals surface area contributed by atoms with Crippen molar-refractivity contribution in [1.29, 1.82) is 0 Å². The lowest BCUT2D eigenvalue weighted by molar-refractivity contribution is -0.133. The monoisotopic (exact) mass is 370 g/mol. The molecule has 6 nitrogen and oxygen atoms in total. The highest BCUT2D eigenvalue weighted by Crippen LogP contribution is 2.45. The molecule has 2 aromatic heterocycles. The quantitative estimate of drug-likeness (QED) is 0.837. The number of aryl methyl sites for hydroxylation is 1. The summed E-state index contributed by atoms with van der Waals surface area (Å²) in [7, 11) is 0. The molecule has 0 saturated heterocycles. The van der Waals surface area contributed by atoms with Gasteiger partial charge in [-0.05, 0) is 50.5 Å². The number of nitrogens with zero attached hydrogens (tertiary/aromatic N) is 2. The SMILES string of the molecule is O=C(O)C1=C(C(=O)Cc2sc3c(c2-c2nc(C4CC4)no2)CC3)CCC1. The fourth-order valence-electron chi connectivity index (χ4n) is 3.85. The first-order valence-electron chi connectivity index (χ1n) is 9.07. The van der Waals surface area contributed by atoms with Gasteiger partial charge in [-0.3, -0.25) is 4.79 Å². The van der Waals surface area contributed by atoms with Gasteiger partial charge in [-0.1, -0.05) is 5.16 Å². The van der Waals surface area contributed by atoms with Gasteiger partial charge < -0.3 is 9.63 Å². The van der Waals surface area contributed by atoms with E-state index in [2.05, 4.69) is 10.1 Å². The van der Waals surface area contributed by atoms with E-state index in [1.54, 1.807) is 11.3 Å². The molecule has 0 unspecified atom stereocenters. The molecular formula is C19H18N2O4S. The number of carbonyl (C=O) groups excluding carboxylic acids is 1. The molecule has 5 rings (SSSR count). The van der Waals surface area contributed by atoms with Gasteiger partial charge in [-0.2, -0.15) is 4.98 Å². The fourth-order valence-corrected chi connectivity index (χ4v) is 5.20. The Morgan fingerprint density at radius 1 is 1.15 bits per heavy atom. The van der Waals surface area contributed by atoms with E-state index < -0.39 is 5.97 Å². The number of fused-ring (bicyclic) bond motifs is 1. The summed E-state index contributed by atoms with van der Waals surface area (Å²) in [5, 5.41) is 13.4. The number of carboxylic acid groups (broad SMARTS) is 1. The minimum atomic E-state index is -0.964. The van der Waals surface area contributed by atoms with Gasteiger partial charge in [0.1, 0.15) is 0 Å². The molecule has 3 aliphatic carbocycles. The largest absolute Gasteiger partial charge is 0.478 e.